The molecule has 1 aromatic heterocycles. The highest BCUT2D eigenvalue weighted by Gasteiger charge is 2.27. The van der Waals surface area contributed by atoms with Gasteiger partial charge in [0.2, 0.25) is 10.0 Å². The minimum Gasteiger partial charge on any atom is -0.301 e. The maximum atomic E-state index is 12.5. The summed E-state index contributed by atoms with van der Waals surface area (Å²) in [6.07, 6.45) is 3.33. The van der Waals surface area contributed by atoms with Crippen molar-refractivity contribution in [1.82, 2.24) is 19.4 Å². The van der Waals surface area contributed by atoms with Crippen LogP contribution in [-0.2, 0) is 16.6 Å². The van der Waals surface area contributed by atoms with Crippen LogP contribution >= 0.6 is 0 Å². The lowest BCUT2D eigenvalue weighted by molar-refractivity contribution is 0.168. The highest BCUT2D eigenvalue weighted by Crippen LogP contribution is 2.18. The maximum absolute atomic E-state index is 12.5. The van der Waals surface area contributed by atoms with Crippen LogP contribution in [0.25, 0.3) is 0 Å². The summed E-state index contributed by atoms with van der Waals surface area (Å²) in [6, 6.07) is 0.543. The van der Waals surface area contributed by atoms with Gasteiger partial charge in [-0.15, -0.1) is 0 Å². The first kappa shape index (κ1) is 16.5. The Kier molecular flexibility index (Phi) is 5.06. The lowest BCUT2D eigenvalue weighted by atomic mass is 10.1. The molecule has 0 bridgehead atoms. The van der Waals surface area contributed by atoms with E-state index in [2.05, 4.69) is 28.6 Å². The summed E-state index contributed by atoms with van der Waals surface area (Å²) in [5, 5.41) is 4.21. The number of nitrogens with one attached hydrogen (secondary N) is 1. The molecule has 0 radical (unpaired) electrons. The van der Waals surface area contributed by atoms with Gasteiger partial charge in [0.05, 0.1) is 5.69 Å². The normalized spacial score (nSPS) is 18.5. The largest absolute Gasteiger partial charge is 0.301 e. The minimum atomic E-state index is -3.47. The zero-order valence-electron chi connectivity index (χ0n) is 13.3. The van der Waals surface area contributed by atoms with Crippen molar-refractivity contribution in [2.24, 2.45) is 0 Å². The van der Waals surface area contributed by atoms with Gasteiger partial charge in [0.25, 0.3) is 0 Å². The summed E-state index contributed by atoms with van der Waals surface area (Å²) < 4.78 is 29.5. The zero-order chi connectivity index (χ0) is 15.6. The monoisotopic (exact) mass is 314 g/mol. The molecule has 120 valence electrons. The van der Waals surface area contributed by atoms with E-state index in [1.54, 1.807) is 17.8 Å². The highest BCUT2D eigenvalue weighted by atomic mass is 32.2. The molecule has 1 aliphatic rings. The number of sulfonamides is 1. The molecule has 1 N–H and O–H groups in total. The minimum absolute atomic E-state index is 0.0226. The number of rotatable bonds is 5. The van der Waals surface area contributed by atoms with Crippen molar-refractivity contribution in [1.29, 1.82) is 0 Å². The summed E-state index contributed by atoms with van der Waals surface area (Å²) in [7, 11) is -3.47. The van der Waals surface area contributed by atoms with E-state index in [1.165, 1.54) is 0 Å². The zero-order valence-corrected chi connectivity index (χ0v) is 14.2. The van der Waals surface area contributed by atoms with Crippen molar-refractivity contribution in [2.75, 3.05) is 13.1 Å². The Morgan fingerprint density at radius 1 is 1.38 bits per heavy atom. The Morgan fingerprint density at radius 2 is 2.00 bits per heavy atom. The first-order valence-electron chi connectivity index (χ1n) is 7.64. The molecule has 1 aliphatic heterocycles. The Morgan fingerprint density at radius 3 is 2.48 bits per heavy atom. The fourth-order valence-corrected chi connectivity index (χ4v) is 4.23. The van der Waals surface area contributed by atoms with E-state index in [0.717, 1.165) is 25.9 Å². The van der Waals surface area contributed by atoms with E-state index < -0.39 is 10.0 Å². The standard InChI is InChI=1S/C14H26N4O2S/c1-5-18-10-14(12(4)15-18)21(19,20)16-13-6-8-17(9-7-13)11(2)3/h10-11,13,16H,5-9H2,1-4H3. The topological polar surface area (TPSA) is 67.2 Å². The molecular weight excluding hydrogens is 288 g/mol. The van der Waals surface area contributed by atoms with Crippen molar-refractivity contribution in [2.45, 2.75) is 64.1 Å². The number of hydrogen-bond donors (Lipinski definition) is 1. The Labute approximate surface area is 127 Å². The molecule has 1 aromatic rings. The van der Waals surface area contributed by atoms with Crippen LogP contribution in [0.4, 0.5) is 0 Å². The molecular formula is C14H26N4O2S. The quantitative estimate of drug-likeness (QED) is 0.891. The third-order valence-corrected chi connectivity index (χ3v) is 5.72. The van der Waals surface area contributed by atoms with Crippen molar-refractivity contribution < 1.29 is 8.42 Å². The van der Waals surface area contributed by atoms with Crippen LogP contribution in [0, 0.1) is 6.92 Å². The summed E-state index contributed by atoms with van der Waals surface area (Å²) >= 11 is 0. The van der Waals surface area contributed by atoms with Gasteiger partial charge < -0.3 is 4.90 Å². The molecule has 1 saturated heterocycles. The van der Waals surface area contributed by atoms with Gasteiger partial charge in [0.15, 0.2) is 0 Å². The second-order valence-electron chi connectivity index (χ2n) is 5.96. The third-order valence-electron chi connectivity index (χ3n) is 4.10. The van der Waals surface area contributed by atoms with Gasteiger partial charge >= 0.3 is 0 Å². The second kappa shape index (κ2) is 6.46. The van der Waals surface area contributed by atoms with Crippen LogP contribution in [0.2, 0.25) is 0 Å². The van der Waals surface area contributed by atoms with Gasteiger partial charge in [-0.2, -0.15) is 5.10 Å². The van der Waals surface area contributed by atoms with Crippen LogP contribution in [0.15, 0.2) is 11.1 Å². The molecule has 0 atom stereocenters. The lowest BCUT2D eigenvalue weighted by Gasteiger charge is -2.34. The van der Waals surface area contributed by atoms with Crippen LogP contribution in [-0.4, -0.2) is 48.3 Å². The summed E-state index contributed by atoms with van der Waals surface area (Å²) in [4.78, 5) is 2.68. The molecule has 0 spiro atoms. The maximum Gasteiger partial charge on any atom is 0.244 e. The summed E-state index contributed by atoms with van der Waals surface area (Å²) in [5.74, 6) is 0. The van der Waals surface area contributed by atoms with Crippen LogP contribution < -0.4 is 4.72 Å². The van der Waals surface area contributed by atoms with Gasteiger partial charge in [-0.05, 0) is 53.6 Å². The Bertz CT molecular complexity index is 572. The average Bonchev–Trinajstić information content (AvgIpc) is 2.81. The van der Waals surface area contributed by atoms with E-state index in [1.807, 2.05) is 6.92 Å². The number of piperidine rings is 1. The smallest absolute Gasteiger partial charge is 0.244 e. The van der Waals surface area contributed by atoms with E-state index in [0.29, 0.717) is 23.2 Å². The van der Waals surface area contributed by atoms with Crippen molar-refractivity contribution >= 4 is 10.0 Å². The van der Waals surface area contributed by atoms with E-state index in [-0.39, 0.29) is 6.04 Å². The van der Waals surface area contributed by atoms with Crippen molar-refractivity contribution in [3.63, 3.8) is 0 Å². The van der Waals surface area contributed by atoms with E-state index in [4.69, 9.17) is 0 Å². The van der Waals surface area contributed by atoms with Crippen molar-refractivity contribution in [3.05, 3.63) is 11.9 Å². The van der Waals surface area contributed by atoms with Crippen LogP contribution in [0.1, 0.15) is 39.3 Å². The van der Waals surface area contributed by atoms with E-state index in [9.17, 15) is 8.42 Å². The molecule has 0 amide bonds. The molecule has 7 heteroatoms. The molecule has 6 nitrogen and oxygen atoms in total. The fourth-order valence-electron chi connectivity index (χ4n) is 2.74. The van der Waals surface area contributed by atoms with Gasteiger partial charge in [0, 0.05) is 24.8 Å². The second-order valence-corrected chi connectivity index (χ2v) is 7.64. The first-order valence-corrected chi connectivity index (χ1v) is 9.12. The Balaban J connectivity index is 2.03. The molecule has 1 fully saturated rings. The molecule has 0 aromatic carbocycles. The SMILES string of the molecule is CCn1cc(S(=O)(=O)NC2CCN(C(C)C)CC2)c(C)n1. The Hall–Kier alpha value is -0.920. The number of aryl methyl sites for hydroxylation is 2. The van der Waals surface area contributed by atoms with Gasteiger partial charge in [-0.1, -0.05) is 0 Å². The van der Waals surface area contributed by atoms with Crippen LogP contribution in [0.5, 0.6) is 0 Å². The predicted octanol–water partition coefficient (Wildman–Crippen LogP) is 1.36. The molecule has 0 aliphatic carbocycles. The highest BCUT2D eigenvalue weighted by molar-refractivity contribution is 7.89. The van der Waals surface area contributed by atoms with Gasteiger partial charge in [-0.25, -0.2) is 13.1 Å². The molecule has 21 heavy (non-hydrogen) atoms. The van der Waals surface area contributed by atoms with Gasteiger partial charge in [0.1, 0.15) is 4.90 Å². The molecule has 0 saturated carbocycles. The summed E-state index contributed by atoms with van der Waals surface area (Å²) in [5.41, 5.74) is 0.559. The van der Waals surface area contributed by atoms with Crippen molar-refractivity contribution in [3.8, 4) is 0 Å². The average molecular weight is 314 g/mol. The fraction of sp³-hybridized carbons (Fsp3) is 0.786. The number of nitrogens with zero attached hydrogens (tertiary/aromatic N) is 3. The third kappa shape index (κ3) is 3.84. The van der Waals surface area contributed by atoms with Gasteiger partial charge in [-0.3, -0.25) is 4.68 Å². The molecule has 2 rings (SSSR count). The molecule has 0 unspecified atom stereocenters. The number of aromatic nitrogens is 2. The lowest BCUT2D eigenvalue weighted by Crippen LogP contribution is -2.46. The predicted molar refractivity (Wildman–Crippen MR) is 82.7 cm³/mol. The van der Waals surface area contributed by atoms with E-state index >= 15 is 0 Å². The first-order chi connectivity index (χ1) is 9.83. The summed E-state index contributed by atoms with van der Waals surface area (Å²) in [6.45, 7) is 10.6. The number of hydrogen-bond acceptors (Lipinski definition) is 4. The molecule has 2 heterocycles. The number of likely N-dealkylation sites (tertiary alicyclic amines) is 1. The van der Waals surface area contributed by atoms with Crippen LogP contribution in [0.3, 0.4) is 0 Å².